The van der Waals surface area contributed by atoms with Gasteiger partial charge in [-0.3, -0.25) is 14.4 Å². The standard InChI is InChI=1S/C20H22O5S/c1-3-24-19(22)18(20(23)25-4-2)15(14-9-6-5-7-10-14)13-16(21)17-11-8-12-26-17/h5-12,15,18H,3-4,13H2,1-2H3/t15-/m0/s1. The Bertz CT molecular complexity index is 706. The van der Waals surface area contributed by atoms with E-state index in [0.29, 0.717) is 4.88 Å². The van der Waals surface area contributed by atoms with Gasteiger partial charge in [-0.15, -0.1) is 11.3 Å². The zero-order valence-electron chi connectivity index (χ0n) is 14.8. The van der Waals surface area contributed by atoms with Crippen LogP contribution < -0.4 is 0 Å². The molecule has 0 spiro atoms. The predicted octanol–water partition coefficient (Wildman–Crippen LogP) is 3.85. The van der Waals surface area contributed by atoms with Gasteiger partial charge >= 0.3 is 11.9 Å². The van der Waals surface area contributed by atoms with E-state index in [2.05, 4.69) is 0 Å². The third kappa shape index (κ3) is 5.02. The third-order valence-electron chi connectivity index (χ3n) is 3.91. The Labute approximate surface area is 156 Å². The van der Waals surface area contributed by atoms with Gasteiger partial charge in [0.15, 0.2) is 11.7 Å². The van der Waals surface area contributed by atoms with Crippen molar-refractivity contribution in [1.82, 2.24) is 0 Å². The van der Waals surface area contributed by atoms with Crippen molar-refractivity contribution < 1.29 is 23.9 Å². The maximum atomic E-state index is 12.7. The van der Waals surface area contributed by atoms with E-state index in [1.54, 1.807) is 38.1 Å². The molecule has 0 radical (unpaired) electrons. The lowest BCUT2D eigenvalue weighted by Gasteiger charge is -2.24. The fourth-order valence-electron chi connectivity index (χ4n) is 2.75. The molecule has 1 aromatic carbocycles. The highest BCUT2D eigenvalue weighted by atomic mass is 32.1. The summed E-state index contributed by atoms with van der Waals surface area (Å²) in [7, 11) is 0. The molecule has 0 aliphatic rings. The van der Waals surface area contributed by atoms with Crippen LogP contribution in [0.1, 0.15) is 41.4 Å². The zero-order valence-corrected chi connectivity index (χ0v) is 15.7. The number of Topliss-reactive ketones (excluding diaryl/α,β-unsaturated/α-hetero) is 1. The minimum atomic E-state index is -1.18. The number of thiophene rings is 1. The van der Waals surface area contributed by atoms with E-state index in [0.717, 1.165) is 5.56 Å². The first-order chi connectivity index (χ1) is 12.6. The summed E-state index contributed by atoms with van der Waals surface area (Å²) >= 11 is 1.34. The Morgan fingerprint density at radius 2 is 1.54 bits per heavy atom. The van der Waals surface area contributed by atoms with Crippen molar-refractivity contribution >= 4 is 29.1 Å². The van der Waals surface area contributed by atoms with Crippen molar-refractivity contribution in [2.45, 2.75) is 26.2 Å². The van der Waals surface area contributed by atoms with Crippen LogP contribution in [0, 0.1) is 5.92 Å². The number of hydrogen-bond donors (Lipinski definition) is 0. The van der Waals surface area contributed by atoms with Crippen LogP contribution in [0.25, 0.3) is 0 Å². The van der Waals surface area contributed by atoms with Crippen LogP contribution in [0.15, 0.2) is 47.8 Å². The molecule has 1 heterocycles. The van der Waals surface area contributed by atoms with Crippen molar-refractivity contribution in [1.29, 1.82) is 0 Å². The van der Waals surface area contributed by atoms with Crippen molar-refractivity contribution in [2.75, 3.05) is 13.2 Å². The lowest BCUT2D eigenvalue weighted by Crippen LogP contribution is -2.34. The van der Waals surface area contributed by atoms with Crippen LogP contribution in [-0.4, -0.2) is 30.9 Å². The van der Waals surface area contributed by atoms with Crippen molar-refractivity contribution in [3.63, 3.8) is 0 Å². The summed E-state index contributed by atoms with van der Waals surface area (Å²) in [6.07, 6.45) is 0.0207. The summed E-state index contributed by atoms with van der Waals surface area (Å²) in [5.41, 5.74) is 0.725. The first kappa shape index (κ1) is 19.8. The SMILES string of the molecule is CCOC(=O)C(C(=O)OCC)[C@@H](CC(=O)c1cccs1)c1ccccc1. The largest absolute Gasteiger partial charge is 0.465 e. The topological polar surface area (TPSA) is 69.7 Å². The van der Waals surface area contributed by atoms with Gasteiger partial charge in [-0.2, -0.15) is 0 Å². The van der Waals surface area contributed by atoms with E-state index in [4.69, 9.17) is 9.47 Å². The smallest absolute Gasteiger partial charge is 0.320 e. The molecule has 1 aromatic heterocycles. The summed E-state index contributed by atoms with van der Waals surface area (Å²) in [5, 5.41) is 1.82. The van der Waals surface area contributed by atoms with E-state index < -0.39 is 23.8 Å². The molecular weight excluding hydrogens is 352 g/mol. The second kappa shape index (κ2) is 9.87. The van der Waals surface area contributed by atoms with Crippen molar-refractivity contribution in [3.8, 4) is 0 Å². The number of hydrogen-bond acceptors (Lipinski definition) is 6. The monoisotopic (exact) mass is 374 g/mol. The van der Waals surface area contributed by atoms with Gasteiger partial charge in [0.25, 0.3) is 0 Å². The number of esters is 2. The van der Waals surface area contributed by atoms with Crippen LogP contribution >= 0.6 is 11.3 Å². The number of carbonyl (C=O) groups is 3. The van der Waals surface area contributed by atoms with Crippen LogP contribution in [0.5, 0.6) is 0 Å². The lowest BCUT2D eigenvalue weighted by molar-refractivity contribution is -0.162. The van der Waals surface area contributed by atoms with E-state index in [9.17, 15) is 14.4 Å². The molecule has 0 amide bonds. The highest BCUT2D eigenvalue weighted by molar-refractivity contribution is 7.12. The third-order valence-corrected chi connectivity index (χ3v) is 4.82. The van der Waals surface area contributed by atoms with Gasteiger partial charge in [0, 0.05) is 12.3 Å². The summed E-state index contributed by atoms with van der Waals surface area (Å²) in [6.45, 7) is 3.65. The molecule has 0 bridgehead atoms. The van der Waals surface area contributed by atoms with Crippen LogP contribution in [0.4, 0.5) is 0 Å². The molecule has 0 saturated heterocycles. The number of carbonyl (C=O) groups excluding carboxylic acids is 3. The van der Waals surface area contributed by atoms with Gasteiger partial charge in [-0.25, -0.2) is 0 Å². The van der Waals surface area contributed by atoms with Crippen LogP contribution in [0.3, 0.4) is 0 Å². The molecule has 0 unspecified atom stereocenters. The van der Waals surface area contributed by atoms with Crippen LogP contribution in [0.2, 0.25) is 0 Å². The molecular formula is C20H22O5S. The minimum Gasteiger partial charge on any atom is -0.465 e. The molecule has 0 aliphatic carbocycles. The first-order valence-corrected chi connectivity index (χ1v) is 9.41. The molecule has 2 rings (SSSR count). The van der Waals surface area contributed by atoms with E-state index >= 15 is 0 Å². The molecule has 0 fully saturated rings. The summed E-state index contributed by atoms with van der Waals surface area (Å²) < 4.78 is 10.2. The van der Waals surface area contributed by atoms with E-state index in [1.807, 2.05) is 23.6 Å². The molecule has 6 heteroatoms. The fraction of sp³-hybridized carbons (Fsp3) is 0.350. The Morgan fingerprint density at radius 3 is 2.04 bits per heavy atom. The molecule has 5 nitrogen and oxygen atoms in total. The molecule has 138 valence electrons. The summed E-state index contributed by atoms with van der Waals surface area (Å²) in [4.78, 5) is 38.3. The summed E-state index contributed by atoms with van der Waals surface area (Å²) in [5.74, 6) is -3.28. The molecule has 0 aliphatic heterocycles. The van der Waals surface area contributed by atoms with Gasteiger partial charge in [0.1, 0.15) is 0 Å². The molecule has 2 aromatic rings. The number of rotatable bonds is 9. The average Bonchev–Trinajstić information content (AvgIpc) is 3.17. The van der Waals surface area contributed by atoms with E-state index in [-0.39, 0.29) is 25.4 Å². The normalized spacial score (nSPS) is 11.8. The van der Waals surface area contributed by atoms with Crippen molar-refractivity contribution in [2.24, 2.45) is 5.92 Å². The highest BCUT2D eigenvalue weighted by Gasteiger charge is 2.39. The second-order valence-electron chi connectivity index (χ2n) is 5.60. The van der Waals surface area contributed by atoms with Gasteiger partial charge in [-0.1, -0.05) is 36.4 Å². The second-order valence-corrected chi connectivity index (χ2v) is 6.55. The van der Waals surface area contributed by atoms with Gasteiger partial charge in [0.2, 0.25) is 0 Å². The molecule has 26 heavy (non-hydrogen) atoms. The maximum Gasteiger partial charge on any atom is 0.320 e. The average molecular weight is 374 g/mol. The highest BCUT2D eigenvalue weighted by Crippen LogP contribution is 2.32. The number of ether oxygens (including phenoxy) is 2. The van der Waals surface area contributed by atoms with Gasteiger partial charge in [-0.05, 0) is 30.9 Å². The summed E-state index contributed by atoms with van der Waals surface area (Å²) in [6, 6.07) is 12.6. The Hall–Kier alpha value is -2.47. The van der Waals surface area contributed by atoms with Gasteiger partial charge in [0.05, 0.1) is 18.1 Å². The fourth-order valence-corrected chi connectivity index (χ4v) is 3.43. The number of benzene rings is 1. The molecule has 1 atom stereocenters. The lowest BCUT2D eigenvalue weighted by atomic mass is 9.82. The Kier molecular flexibility index (Phi) is 7.53. The predicted molar refractivity (Wildman–Crippen MR) is 99.2 cm³/mol. The number of ketones is 1. The maximum absolute atomic E-state index is 12.7. The minimum absolute atomic E-state index is 0.0207. The van der Waals surface area contributed by atoms with Gasteiger partial charge < -0.3 is 9.47 Å². The first-order valence-electron chi connectivity index (χ1n) is 8.53. The quantitative estimate of drug-likeness (QED) is 0.379. The Morgan fingerprint density at radius 1 is 0.923 bits per heavy atom. The van der Waals surface area contributed by atoms with Crippen LogP contribution in [-0.2, 0) is 19.1 Å². The molecule has 0 N–H and O–H groups in total. The van der Waals surface area contributed by atoms with Crippen molar-refractivity contribution in [3.05, 3.63) is 58.3 Å². The Balaban J connectivity index is 2.39. The zero-order chi connectivity index (χ0) is 18.9. The molecule has 0 saturated carbocycles. The van der Waals surface area contributed by atoms with E-state index in [1.165, 1.54) is 11.3 Å².